The molecule has 5 N–H and O–H groups in total. The van der Waals surface area contributed by atoms with Gasteiger partial charge in [-0.1, -0.05) is 44.2 Å². The first kappa shape index (κ1) is 23.6. The smallest absolute Gasteiger partial charge is 0.351 e. The first-order valence-corrected chi connectivity index (χ1v) is 10.8. The van der Waals surface area contributed by atoms with E-state index < -0.39 is 17.5 Å². The number of aliphatic carboxylic acids is 2. The Morgan fingerprint density at radius 2 is 1.83 bits per heavy atom. The molecule has 0 aromatic heterocycles. The van der Waals surface area contributed by atoms with Crippen molar-refractivity contribution >= 4 is 18.2 Å². The Balaban J connectivity index is 0.000000438. The van der Waals surface area contributed by atoms with E-state index in [0.717, 1.165) is 44.1 Å². The molecule has 0 heterocycles. The lowest BCUT2D eigenvalue weighted by atomic mass is 9.57. The van der Waals surface area contributed by atoms with E-state index in [1.165, 1.54) is 38.5 Å². The third-order valence-corrected chi connectivity index (χ3v) is 7.43. The molecule has 0 aliphatic heterocycles. The monoisotopic (exact) mass is 412 g/mol. The van der Waals surface area contributed by atoms with Gasteiger partial charge in [-0.3, -0.25) is 0 Å². The normalized spacial score (nSPS) is 34.9. The molecule has 3 saturated carbocycles. The largest absolute Gasteiger partial charge is 0.539 e. The molecule has 166 valence electrons. The average Bonchev–Trinajstić information content (AvgIpc) is 2.96. The van der Waals surface area contributed by atoms with Crippen LogP contribution in [0.5, 0.6) is 0 Å². The molecule has 0 saturated heterocycles. The first-order chi connectivity index (χ1) is 13.7. The molecular formula is C21H36N2O6. The van der Waals surface area contributed by atoms with E-state index in [1.807, 2.05) is 6.21 Å². The van der Waals surface area contributed by atoms with Crippen molar-refractivity contribution in [2.75, 3.05) is 13.2 Å². The highest BCUT2D eigenvalue weighted by atomic mass is 16.6. The van der Waals surface area contributed by atoms with Gasteiger partial charge >= 0.3 is 5.97 Å². The van der Waals surface area contributed by atoms with Gasteiger partial charge in [-0.25, -0.2) is 4.79 Å². The molecular weight excluding hydrogens is 376 g/mol. The maximum atomic E-state index is 11.4. The predicted molar refractivity (Wildman–Crippen MR) is 105 cm³/mol. The Labute approximate surface area is 172 Å². The van der Waals surface area contributed by atoms with E-state index >= 15 is 0 Å². The minimum absolute atomic E-state index is 0.0184. The second-order valence-corrected chi connectivity index (χ2v) is 9.03. The maximum Gasteiger partial charge on any atom is 0.351 e. The quantitative estimate of drug-likeness (QED) is 0.260. The summed E-state index contributed by atoms with van der Waals surface area (Å²) in [5.74, 6) is -2.05. The van der Waals surface area contributed by atoms with Crippen LogP contribution in [0, 0.1) is 23.2 Å². The zero-order valence-electron chi connectivity index (χ0n) is 17.5. The summed E-state index contributed by atoms with van der Waals surface area (Å²) in [5, 5.41) is 31.9. The molecule has 8 nitrogen and oxygen atoms in total. The van der Waals surface area contributed by atoms with Crippen molar-refractivity contribution in [1.29, 1.82) is 0 Å². The zero-order valence-corrected chi connectivity index (χ0v) is 17.5. The van der Waals surface area contributed by atoms with Gasteiger partial charge in [0.15, 0.2) is 12.6 Å². The molecule has 0 aromatic rings. The predicted octanol–water partition coefficient (Wildman–Crippen LogP) is 0.579. The lowest BCUT2D eigenvalue weighted by Crippen LogP contribution is -2.52. The number of quaternary nitrogens is 1. The van der Waals surface area contributed by atoms with Crippen LogP contribution in [0.1, 0.15) is 71.1 Å². The van der Waals surface area contributed by atoms with Gasteiger partial charge in [-0.2, -0.15) is 0 Å². The molecule has 3 fully saturated rings. The zero-order chi connectivity index (χ0) is 21.5. The maximum absolute atomic E-state index is 11.4. The van der Waals surface area contributed by atoms with Gasteiger partial charge in [-0.05, 0) is 43.9 Å². The van der Waals surface area contributed by atoms with Crippen molar-refractivity contribution < 1.29 is 35.5 Å². The van der Waals surface area contributed by atoms with Crippen molar-refractivity contribution in [3.05, 3.63) is 0 Å². The standard InChI is InChI=1S/C19H34N2O2.C2H2O4/c1-18-9-7-16(15-5-3-2-4-6-15)13-19(18,22)10-8-17(18)14-21-23-12-11-20;3-1(4)2(5)6/h14-17,22H,2-13,20H2,1H3;(H,3,4)(H,5,6)/b21-14+;/t16-,17+,18+,19-;/m0./s1. The summed E-state index contributed by atoms with van der Waals surface area (Å²) in [4.78, 5) is 23.3. The molecule has 3 rings (SSSR count). The molecule has 0 spiro atoms. The average molecular weight is 413 g/mol. The van der Waals surface area contributed by atoms with Crippen molar-refractivity contribution in [2.45, 2.75) is 76.7 Å². The van der Waals surface area contributed by atoms with E-state index in [2.05, 4.69) is 17.8 Å². The van der Waals surface area contributed by atoms with Crippen LogP contribution in [-0.2, 0) is 14.4 Å². The fraction of sp³-hybridized carbons (Fsp3) is 0.857. The molecule has 3 aliphatic carbocycles. The van der Waals surface area contributed by atoms with Crippen LogP contribution in [-0.4, -0.2) is 47.1 Å². The van der Waals surface area contributed by atoms with Crippen LogP contribution in [0.4, 0.5) is 0 Å². The number of oxime groups is 1. The summed E-state index contributed by atoms with van der Waals surface area (Å²) in [6.07, 6.45) is 14.4. The van der Waals surface area contributed by atoms with Crippen molar-refractivity contribution in [2.24, 2.45) is 28.3 Å². The second kappa shape index (κ2) is 10.4. The van der Waals surface area contributed by atoms with Crippen LogP contribution in [0.15, 0.2) is 5.16 Å². The Morgan fingerprint density at radius 3 is 2.41 bits per heavy atom. The minimum Gasteiger partial charge on any atom is -0.539 e. The summed E-state index contributed by atoms with van der Waals surface area (Å²) in [5.41, 5.74) is 3.25. The molecule has 29 heavy (non-hydrogen) atoms. The first-order valence-electron chi connectivity index (χ1n) is 10.8. The Hall–Kier alpha value is -1.67. The lowest BCUT2D eigenvalue weighted by Gasteiger charge is -2.50. The highest BCUT2D eigenvalue weighted by Gasteiger charge is 2.59. The Kier molecular flexibility index (Phi) is 8.46. The van der Waals surface area contributed by atoms with Gasteiger partial charge in [0.05, 0.1) is 5.60 Å². The molecule has 0 amide bonds. The molecule has 0 radical (unpaired) electrons. The highest BCUT2D eigenvalue weighted by molar-refractivity contribution is 6.26. The van der Waals surface area contributed by atoms with E-state index in [-0.39, 0.29) is 5.41 Å². The third-order valence-electron chi connectivity index (χ3n) is 7.43. The number of fused-ring (bicyclic) bond motifs is 1. The SMILES string of the molecule is C[C@]12CC[C@H](C3CCCCC3)C[C@@]1(O)CC[C@@H]2/C=N/OCC[NH3+].O=C([O-])C(=O)O. The fourth-order valence-electron chi connectivity index (χ4n) is 5.60. The number of carboxylic acids is 2. The Morgan fingerprint density at radius 1 is 1.17 bits per heavy atom. The summed E-state index contributed by atoms with van der Waals surface area (Å²) >= 11 is 0. The number of carbonyl (C=O) groups is 2. The van der Waals surface area contributed by atoms with Crippen molar-refractivity contribution in [3.8, 4) is 0 Å². The highest BCUT2D eigenvalue weighted by Crippen LogP contribution is 2.60. The van der Waals surface area contributed by atoms with Gasteiger partial charge < -0.3 is 30.7 Å². The number of nitrogens with zero attached hydrogens (tertiary/aromatic N) is 1. The number of aliphatic hydroxyl groups is 1. The third kappa shape index (κ3) is 5.69. The van der Waals surface area contributed by atoms with Crippen molar-refractivity contribution in [1.82, 2.24) is 0 Å². The summed E-state index contributed by atoms with van der Waals surface area (Å²) in [7, 11) is 0. The summed E-state index contributed by atoms with van der Waals surface area (Å²) in [6, 6.07) is 0. The topological polar surface area (TPSA) is 147 Å². The van der Waals surface area contributed by atoms with Gasteiger partial charge in [0.2, 0.25) is 0 Å². The Bertz CT molecular complexity index is 580. The number of carbonyl (C=O) groups excluding carboxylic acids is 1. The van der Waals surface area contributed by atoms with Crippen LogP contribution < -0.4 is 10.8 Å². The number of carboxylic acid groups (broad SMARTS) is 2. The molecule has 4 atom stereocenters. The van der Waals surface area contributed by atoms with Crippen LogP contribution in [0.2, 0.25) is 0 Å². The summed E-state index contributed by atoms with van der Waals surface area (Å²) in [6.45, 7) is 3.61. The lowest BCUT2D eigenvalue weighted by molar-refractivity contribution is -0.374. The molecule has 0 bridgehead atoms. The van der Waals surface area contributed by atoms with E-state index in [0.29, 0.717) is 12.5 Å². The molecule has 0 aromatic carbocycles. The number of rotatable bonds is 5. The van der Waals surface area contributed by atoms with Crippen LogP contribution in [0.25, 0.3) is 0 Å². The van der Waals surface area contributed by atoms with Gasteiger partial charge in [0.25, 0.3) is 0 Å². The number of hydrogen-bond acceptors (Lipinski definition) is 6. The van der Waals surface area contributed by atoms with Crippen LogP contribution >= 0.6 is 0 Å². The van der Waals surface area contributed by atoms with E-state index in [1.54, 1.807) is 0 Å². The van der Waals surface area contributed by atoms with Crippen molar-refractivity contribution in [3.63, 3.8) is 0 Å². The molecule has 8 heteroatoms. The fourth-order valence-corrected chi connectivity index (χ4v) is 5.60. The van der Waals surface area contributed by atoms with Gasteiger partial charge in [-0.15, -0.1) is 0 Å². The summed E-state index contributed by atoms with van der Waals surface area (Å²) < 4.78 is 0. The molecule has 0 unspecified atom stereocenters. The van der Waals surface area contributed by atoms with Gasteiger partial charge in [0.1, 0.15) is 6.54 Å². The number of hydrogen-bond donors (Lipinski definition) is 3. The van der Waals surface area contributed by atoms with Crippen LogP contribution in [0.3, 0.4) is 0 Å². The van der Waals surface area contributed by atoms with E-state index in [4.69, 9.17) is 24.6 Å². The second-order valence-electron chi connectivity index (χ2n) is 9.03. The molecule has 3 aliphatic rings. The minimum atomic E-state index is -2.07. The van der Waals surface area contributed by atoms with Gasteiger partial charge in [0, 0.05) is 17.5 Å². The van der Waals surface area contributed by atoms with E-state index in [9.17, 15) is 5.11 Å².